The average molecular weight is 350 g/mol. The number of anilines is 1. The van der Waals surface area contributed by atoms with Gasteiger partial charge in [-0.05, 0) is 42.0 Å². The molecule has 6 nitrogen and oxygen atoms in total. The molecule has 1 aliphatic carbocycles. The number of rotatable bonds is 3. The molecule has 2 aromatic rings. The van der Waals surface area contributed by atoms with Gasteiger partial charge in [0.15, 0.2) is 0 Å². The minimum atomic E-state index is -0.934. The Morgan fingerprint density at radius 3 is 2.85 bits per heavy atom. The van der Waals surface area contributed by atoms with Crippen LogP contribution < -0.4 is 5.32 Å². The first-order valence-electron chi connectivity index (χ1n) is 8.51. The van der Waals surface area contributed by atoms with E-state index in [4.69, 9.17) is 0 Å². The summed E-state index contributed by atoms with van der Waals surface area (Å²) in [6, 6.07) is 10.0. The summed E-state index contributed by atoms with van der Waals surface area (Å²) in [4.78, 5) is 22.5. The number of nitrogens with zero attached hydrogens (tertiary/aromatic N) is 1. The summed E-state index contributed by atoms with van der Waals surface area (Å²) < 4.78 is 0. The molecule has 0 radical (unpaired) electrons. The maximum Gasteiger partial charge on any atom is 0.336 e. The third-order valence-electron chi connectivity index (χ3n) is 5.40. The molecule has 0 unspecified atom stereocenters. The van der Waals surface area contributed by atoms with Crippen molar-refractivity contribution >= 4 is 17.3 Å². The monoisotopic (exact) mass is 350 g/mol. The predicted octanol–water partition coefficient (Wildman–Crippen LogP) is 4.43. The molecule has 0 spiro atoms. The Balaban J connectivity index is 1.85. The van der Waals surface area contributed by atoms with Gasteiger partial charge in [-0.1, -0.05) is 30.4 Å². The Morgan fingerprint density at radius 2 is 2.12 bits per heavy atom. The number of hydrogen-bond donors (Lipinski definition) is 2. The quantitative estimate of drug-likeness (QED) is 0.485. The zero-order chi connectivity index (χ0) is 18.4. The maximum absolute atomic E-state index is 11.7. The summed E-state index contributed by atoms with van der Waals surface area (Å²) >= 11 is 0. The molecule has 26 heavy (non-hydrogen) atoms. The van der Waals surface area contributed by atoms with Crippen molar-refractivity contribution in [2.24, 2.45) is 5.92 Å². The van der Waals surface area contributed by atoms with Crippen molar-refractivity contribution in [3.8, 4) is 0 Å². The van der Waals surface area contributed by atoms with Crippen LogP contribution in [0.2, 0.25) is 0 Å². The third-order valence-corrected chi connectivity index (χ3v) is 5.40. The molecule has 132 valence electrons. The van der Waals surface area contributed by atoms with Crippen LogP contribution in [0.3, 0.4) is 0 Å². The van der Waals surface area contributed by atoms with Gasteiger partial charge in [0.1, 0.15) is 0 Å². The summed E-state index contributed by atoms with van der Waals surface area (Å²) in [5.74, 6) is -0.818. The van der Waals surface area contributed by atoms with E-state index in [0.29, 0.717) is 5.56 Å². The molecule has 0 saturated heterocycles. The minimum absolute atomic E-state index is 0.0125. The number of fused-ring (bicyclic) bond motifs is 3. The molecule has 1 heterocycles. The van der Waals surface area contributed by atoms with Crippen molar-refractivity contribution in [1.82, 2.24) is 0 Å². The van der Waals surface area contributed by atoms with Gasteiger partial charge in [0, 0.05) is 23.7 Å². The molecule has 6 heteroatoms. The van der Waals surface area contributed by atoms with Crippen LogP contribution in [-0.2, 0) is 0 Å². The van der Waals surface area contributed by atoms with E-state index in [9.17, 15) is 20.0 Å². The minimum Gasteiger partial charge on any atom is -0.478 e. The highest BCUT2D eigenvalue weighted by atomic mass is 16.6. The molecule has 2 aromatic carbocycles. The normalized spacial score (nSPS) is 23.0. The fourth-order valence-corrected chi connectivity index (χ4v) is 4.20. The Hall–Kier alpha value is -3.15. The first-order chi connectivity index (χ1) is 12.5. The highest BCUT2D eigenvalue weighted by Crippen LogP contribution is 2.51. The van der Waals surface area contributed by atoms with Gasteiger partial charge in [-0.25, -0.2) is 4.79 Å². The zero-order valence-electron chi connectivity index (χ0n) is 14.2. The van der Waals surface area contributed by atoms with Crippen LogP contribution in [-0.4, -0.2) is 16.0 Å². The lowest BCUT2D eigenvalue weighted by Crippen LogP contribution is -2.31. The summed E-state index contributed by atoms with van der Waals surface area (Å²) in [5.41, 5.74) is 3.85. The number of carbonyl (C=O) groups is 1. The Bertz CT molecular complexity index is 951. The number of nitro benzene ring substituents is 1. The molecular weight excluding hydrogens is 332 g/mol. The highest BCUT2D eigenvalue weighted by Gasteiger charge is 2.40. The number of nitrogens with one attached hydrogen (secondary N) is 1. The van der Waals surface area contributed by atoms with Gasteiger partial charge in [-0.3, -0.25) is 10.1 Å². The number of non-ortho nitro benzene ring substituents is 1. The number of allylic oxidation sites excluding steroid dienone is 2. The molecule has 1 aliphatic heterocycles. The number of nitro groups is 1. The van der Waals surface area contributed by atoms with Crippen LogP contribution in [0, 0.1) is 23.0 Å². The first kappa shape index (κ1) is 16.3. The molecule has 3 atom stereocenters. The number of carboxylic acids is 1. The van der Waals surface area contributed by atoms with Crippen molar-refractivity contribution in [3.63, 3.8) is 0 Å². The van der Waals surface area contributed by atoms with Crippen LogP contribution in [0.15, 0.2) is 48.6 Å². The number of carboxylic acid groups (broad SMARTS) is 1. The van der Waals surface area contributed by atoms with Crippen molar-refractivity contribution in [2.75, 3.05) is 5.32 Å². The fourth-order valence-electron chi connectivity index (χ4n) is 4.20. The van der Waals surface area contributed by atoms with Crippen LogP contribution in [0.25, 0.3) is 0 Å². The molecule has 4 rings (SSSR count). The number of aromatic carboxylic acids is 1. The van der Waals surface area contributed by atoms with Crippen LogP contribution in [0.1, 0.15) is 45.4 Å². The summed E-state index contributed by atoms with van der Waals surface area (Å²) in [6.45, 7) is 1.95. The lowest BCUT2D eigenvalue weighted by Gasteiger charge is -2.39. The average Bonchev–Trinajstić information content (AvgIpc) is 3.11. The second-order valence-electron chi connectivity index (χ2n) is 6.85. The zero-order valence-corrected chi connectivity index (χ0v) is 14.2. The van der Waals surface area contributed by atoms with Crippen LogP contribution >= 0.6 is 0 Å². The van der Waals surface area contributed by atoms with E-state index < -0.39 is 10.9 Å². The van der Waals surface area contributed by atoms with Crippen molar-refractivity contribution < 1.29 is 14.8 Å². The van der Waals surface area contributed by atoms with E-state index in [2.05, 4.69) is 17.5 Å². The lowest BCUT2D eigenvalue weighted by atomic mass is 9.74. The number of benzene rings is 2. The van der Waals surface area contributed by atoms with Gasteiger partial charge in [-0.2, -0.15) is 0 Å². The second-order valence-corrected chi connectivity index (χ2v) is 6.85. The Morgan fingerprint density at radius 1 is 1.31 bits per heavy atom. The van der Waals surface area contributed by atoms with Gasteiger partial charge in [0.2, 0.25) is 0 Å². The molecule has 0 amide bonds. The lowest BCUT2D eigenvalue weighted by molar-refractivity contribution is -0.384. The van der Waals surface area contributed by atoms with E-state index >= 15 is 0 Å². The summed E-state index contributed by atoms with van der Waals surface area (Å²) in [6.07, 6.45) is 4.95. The van der Waals surface area contributed by atoms with Gasteiger partial charge in [0.25, 0.3) is 5.69 Å². The number of hydrogen-bond acceptors (Lipinski definition) is 4. The first-order valence-corrected chi connectivity index (χ1v) is 8.51. The van der Waals surface area contributed by atoms with Crippen LogP contribution in [0.4, 0.5) is 11.4 Å². The molecule has 2 aliphatic rings. The van der Waals surface area contributed by atoms with Crippen molar-refractivity contribution in [2.45, 2.75) is 25.3 Å². The van der Waals surface area contributed by atoms with E-state index in [0.717, 1.165) is 28.8 Å². The van der Waals surface area contributed by atoms with E-state index in [1.807, 2.05) is 13.0 Å². The van der Waals surface area contributed by atoms with E-state index in [1.54, 1.807) is 24.3 Å². The smallest absolute Gasteiger partial charge is 0.336 e. The fraction of sp³-hybridized carbons (Fsp3) is 0.250. The van der Waals surface area contributed by atoms with Gasteiger partial charge >= 0.3 is 5.97 Å². The molecule has 0 bridgehead atoms. The molecule has 2 N–H and O–H groups in total. The van der Waals surface area contributed by atoms with Gasteiger partial charge in [-0.15, -0.1) is 0 Å². The largest absolute Gasteiger partial charge is 0.478 e. The highest BCUT2D eigenvalue weighted by molar-refractivity contribution is 5.93. The Kier molecular flexibility index (Phi) is 3.76. The molecule has 0 saturated carbocycles. The van der Waals surface area contributed by atoms with Gasteiger partial charge in [0.05, 0.1) is 16.5 Å². The molecular formula is C20H18N2O4. The SMILES string of the molecule is Cc1ccc(C(=O)O)c2c1N[C@H](c1cccc([N+](=O)[O-])c1)[C@H]1CC=C[C@H]21. The van der Waals surface area contributed by atoms with E-state index in [1.165, 1.54) is 6.07 Å². The predicted molar refractivity (Wildman–Crippen MR) is 97.6 cm³/mol. The van der Waals surface area contributed by atoms with Crippen molar-refractivity contribution in [3.05, 3.63) is 80.9 Å². The topological polar surface area (TPSA) is 92.5 Å². The standard InChI is InChI=1S/C20H18N2O4/c1-11-8-9-16(20(23)24)17-14-6-3-7-15(14)19(21-18(11)17)12-4-2-5-13(10-12)22(25)26/h2-6,8-10,14-15,19,21H,7H2,1H3,(H,23,24)/t14-,15-,19+/m0/s1. The second kappa shape index (κ2) is 5.98. The van der Waals surface area contributed by atoms with Gasteiger partial charge < -0.3 is 10.4 Å². The summed E-state index contributed by atoms with van der Waals surface area (Å²) in [5, 5.41) is 24.2. The van der Waals surface area contributed by atoms with E-state index in [-0.39, 0.29) is 23.6 Å². The molecule has 0 aromatic heterocycles. The Labute approximate surface area is 150 Å². The summed E-state index contributed by atoms with van der Waals surface area (Å²) in [7, 11) is 0. The number of aryl methyl sites for hydroxylation is 1. The van der Waals surface area contributed by atoms with Crippen molar-refractivity contribution in [1.29, 1.82) is 0 Å². The molecule has 0 fully saturated rings. The maximum atomic E-state index is 11.7. The third kappa shape index (κ3) is 2.45. The van der Waals surface area contributed by atoms with Crippen LogP contribution in [0.5, 0.6) is 0 Å².